The zero-order valence-corrected chi connectivity index (χ0v) is 15.6. The quantitative estimate of drug-likeness (QED) is 0.725. The van der Waals surface area contributed by atoms with Crippen LogP contribution < -0.4 is 10.1 Å². The number of nitrogens with one attached hydrogen (secondary N) is 1. The summed E-state index contributed by atoms with van der Waals surface area (Å²) in [6.45, 7) is 1.99. The number of nitriles is 1. The Labute approximate surface area is 161 Å². The molecule has 1 aliphatic rings. The van der Waals surface area contributed by atoms with Gasteiger partial charge in [0, 0.05) is 19.2 Å². The van der Waals surface area contributed by atoms with E-state index in [-0.39, 0.29) is 12.3 Å². The highest BCUT2D eigenvalue weighted by Crippen LogP contribution is 2.37. The van der Waals surface area contributed by atoms with Crippen LogP contribution in [0.5, 0.6) is 11.5 Å². The van der Waals surface area contributed by atoms with E-state index < -0.39 is 12.1 Å². The van der Waals surface area contributed by atoms with E-state index in [1.54, 1.807) is 30.6 Å². The lowest BCUT2D eigenvalue weighted by Crippen LogP contribution is -2.15. The van der Waals surface area contributed by atoms with Gasteiger partial charge in [0.2, 0.25) is 5.91 Å². The summed E-state index contributed by atoms with van der Waals surface area (Å²) in [5, 5.41) is 11.9. The lowest BCUT2D eigenvalue weighted by atomic mass is 10.1. The monoisotopic (exact) mass is 378 g/mol. The Balaban J connectivity index is 1.70. The van der Waals surface area contributed by atoms with Crippen molar-refractivity contribution in [3.63, 3.8) is 0 Å². The molecule has 2 atom stereocenters. The second kappa shape index (κ2) is 6.97. The molecule has 142 valence electrons. The van der Waals surface area contributed by atoms with Crippen LogP contribution in [0, 0.1) is 17.2 Å². The van der Waals surface area contributed by atoms with Gasteiger partial charge >= 0.3 is 0 Å². The standard InChI is InChI=1S/C21H19FN4O2/c1-3-13-6-12(10-23)4-5-19(13)28-14-7-17(25-21(27)15-9-16(15)22)20-18(8-14)26(2)11-24-20/h4-8,11,15-16H,3,9H2,1-2H3,(H,25,27). The highest BCUT2D eigenvalue weighted by Gasteiger charge is 2.43. The second-order valence-electron chi connectivity index (χ2n) is 6.93. The molecule has 0 saturated heterocycles. The number of hydrogen-bond acceptors (Lipinski definition) is 4. The molecule has 1 N–H and O–H groups in total. The van der Waals surface area contributed by atoms with Crippen molar-refractivity contribution >= 4 is 22.6 Å². The molecule has 3 aromatic rings. The molecule has 1 aliphatic carbocycles. The van der Waals surface area contributed by atoms with E-state index in [4.69, 9.17) is 10.00 Å². The Morgan fingerprint density at radius 3 is 2.89 bits per heavy atom. The molecule has 6 nitrogen and oxygen atoms in total. The summed E-state index contributed by atoms with van der Waals surface area (Å²) in [7, 11) is 1.85. The van der Waals surface area contributed by atoms with Crippen molar-refractivity contribution in [1.29, 1.82) is 5.26 Å². The predicted octanol–water partition coefficient (Wildman–Crippen LogP) is 4.10. The van der Waals surface area contributed by atoms with Crippen molar-refractivity contribution in [2.45, 2.75) is 25.9 Å². The van der Waals surface area contributed by atoms with E-state index in [2.05, 4.69) is 16.4 Å². The summed E-state index contributed by atoms with van der Waals surface area (Å²) in [6, 6.07) is 10.9. The fourth-order valence-electron chi connectivity index (χ4n) is 3.17. The van der Waals surface area contributed by atoms with Crippen LogP contribution in [0.25, 0.3) is 11.0 Å². The van der Waals surface area contributed by atoms with Crippen LogP contribution in [-0.2, 0) is 18.3 Å². The smallest absolute Gasteiger partial charge is 0.230 e. The minimum Gasteiger partial charge on any atom is -0.457 e. The third-order valence-electron chi connectivity index (χ3n) is 4.91. The Kier molecular flexibility index (Phi) is 4.47. The third-order valence-corrected chi connectivity index (χ3v) is 4.91. The molecule has 0 spiro atoms. The number of benzene rings is 2. The zero-order chi connectivity index (χ0) is 19.8. The van der Waals surface area contributed by atoms with Gasteiger partial charge in [-0.2, -0.15) is 5.26 Å². The maximum Gasteiger partial charge on any atom is 0.230 e. The summed E-state index contributed by atoms with van der Waals surface area (Å²) in [6.07, 6.45) is 1.56. The number of rotatable bonds is 5. The molecule has 7 heteroatoms. The molecule has 0 radical (unpaired) electrons. The Hall–Kier alpha value is -3.40. The minimum atomic E-state index is -1.07. The molecule has 28 heavy (non-hydrogen) atoms. The highest BCUT2D eigenvalue weighted by molar-refractivity contribution is 6.02. The average Bonchev–Trinajstić information content (AvgIpc) is 3.32. The van der Waals surface area contributed by atoms with Gasteiger partial charge in [0.1, 0.15) is 23.2 Å². The number of ether oxygens (including phenoxy) is 1. The maximum atomic E-state index is 13.2. The van der Waals surface area contributed by atoms with Gasteiger partial charge in [-0.3, -0.25) is 4.79 Å². The van der Waals surface area contributed by atoms with Gasteiger partial charge < -0.3 is 14.6 Å². The van der Waals surface area contributed by atoms with Gasteiger partial charge in [0.25, 0.3) is 0 Å². The summed E-state index contributed by atoms with van der Waals surface area (Å²) < 4.78 is 21.1. The number of halogens is 1. The van der Waals surface area contributed by atoms with E-state index >= 15 is 0 Å². The van der Waals surface area contributed by atoms with Crippen molar-refractivity contribution in [3.05, 3.63) is 47.8 Å². The van der Waals surface area contributed by atoms with E-state index in [1.807, 2.05) is 24.6 Å². The Morgan fingerprint density at radius 1 is 1.43 bits per heavy atom. The highest BCUT2D eigenvalue weighted by atomic mass is 19.1. The molecular formula is C21H19FN4O2. The van der Waals surface area contributed by atoms with Crippen LogP contribution in [0.1, 0.15) is 24.5 Å². The summed E-state index contributed by atoms with van der Waals surface area (Å²) in [5.41, 5.74) is 3.38. The molecule has 1 amide bonds. The van der Waals surface area contributed by atoms with E-state index in [1.165, 1.54) is 0 Å². The van der Waals surface area contributed by atoms with Crippen LogP contribution >= 0.6 is 0 Å². The number of carbonyl (C=O) groups excluding carboxylic acids is 1. The topological polar surface area (TPSA) is 79.9 Å². The number of imidazole rings is 1. The van der Waals surface area contributed by atoms with Crippen molar-refractivity contribution < 1.29 is 13.9 Å². The largest absolute Gasteiger partial charge is 0.457 e. The molecular weight excluding hydrogens is 359 g/mol. The summed E-state index contributed by atoms with van der Waals surface area (Å²) >= 11 is 0. The SMILES string of the molecule is CCc1cc(C#N)ccc1Oc1cc(NC(=O)C2CC2F)c2ncn(C)c2c1. The number of anilines is 1. The Bertz CT molecular complexity index is 1120. The first-order valence-corrected chi connectivity index (χ1v) is 9.11. The van der Waals surface area contributed by atoms with Crippen molar-refractivity contribution in [3.8, 4) is 17.6 Å². The number of alkyl halides is 1. The molecule has 2 unspecified atom stereocenters. The molecule has 1 heterocycles. The van der Waals surface area contributed by atoms with Gasteiger partial charge in [-0.1, -0.05) is 6.92 Å². The zero-order valence-electron chi connectivity index (χ0n) is 15.6. The van der Waals surface area contributed by atoms with E-state index in [9.17, 15) is 9.18 Å². The average molecular weight is 378 g/mol. The van der Waals surface area contributed by atoms with Gasteiger partial charge in [-0.15, -0.1) is 0 Å². The van der Waals surface area contributed by atoms with Crippen LogP contribution in [0.15, 0.2) is 36.7 Å². The van der Waals surface area contributed by atoms with Gasteiger partial charge in [-0.25, -0.2) is 9.37 Å². The summed E-state index contributed by atoms with van der Waals surface area (Å²) in [4.78, 5) is 16.6. The van der Waals surface area contributed by atoms with Crippen LogP contribution in [-0.4, -0.2) is 21.6 Å². The first kappa shape index (κ1) is 18.0. The van der Waals surface area contributed by atoms with Gasteiger partial charge in [0.15, 0.2) is 0 Å². The summed E-state index contributed by atoms with van der Waals surface area (Å²) in [5.74, 6) is 0.238. The molecule has 1 fully saturated rings. The first-order chi connectivity index (χ1) is 13.5. The lowest BCUT2D eigenvalue weighted by molar-refractivity contribution is -0.117. The molecule has 2 aromatic carbocycles. The number of aromatic nitrogens is 2. The predicted molar refractivity (Wildman–Crippen MR) is 103 cm³/mol. The lowest BCUT2D eigenvalue weighted by Gasteiger charge is -2.13. The van der Waals surface area contributed by atoms with Crippen LogP contribution in [0.4, 0.5) is 10.1 Å². The number of aryl methyl sites for hydroxylation is 2. The molecule has 0 aliphatic heterocycles. The normalized spacial score (nSPS) is 17.9. The maximum absolute atomic E-state index is 13.2. The van der Waals surface area contributed by atoms with Gasteiger partial charge in [0.05, 0.1) is 35.1 Å². The molecule has 0 bridgehead atoms. The van der Waals surface area contributed by atoms with E-state index in [0.717, 1.165) is 11.1 Å². The molecule has 1 saturated carbocycles. The van der Waals surface area contributed by atoms with Crippen molar-refractivity contribution in [2.75, 3.05) is 5.32 Å². The van der Waals surface area contributed by atoms with Crippen molar-refractivity contribution in [2.24, 2.45) is 13.0 Å². The fourth-order valence-corrected chi connectivity index (χ4v) is 3.17. The van der Waals surface area contributed by atoms with Crippen molar-refractivity contribution in [1.82, 2.24) is 9.55 Å². The third kappa shape index (κ3) is 3.29. The van der Waals surface area contributed by atoms with Crippen LogP contribution in [0.2, 0.25) is 0 Å². The number of carbonyl (C=O) groups is 1. The molecule has 1 aromatic heterocycles. The number of hydrogen-bond donors (Lipinski definition) is 1. The Morgan fingerprint density at radius 2 is 2.21 bits per heavy atom. The number of fused-ring (bicyclic) bond motifs is 1. The number of nitrogens with zero attached hydrogens (tertiary/aromatic N) is 3. The van der Waals surface area contributed by atoms with E-state index in [0.29, 0.717) is 34.7 Å². The second-order valence-corrected chi connectivity index (χ2v) is 6.93. The van der Waals surface area contributed by atoms with Crippen LogP contribution in [0.3, 0.4) is 0 Å². The minimum absolute atomic E-state index is 0.262. The first-order valence-electron chi connectivity index (χ1n) is 9.11. The fraction of sp³-hybridized carbons (Fsp3) is 0.286. The molecule has 4 rings (SSSR count). The van der Waals surface area contributed by atoms with Gasteiger partial charge in [-0.05, 0) is 36.6 Å². The number of amides is 1.